The van der Waals surface area contributed by atoms with Crippen LogP contribution in [0.3, 0.4) is 0 Å². The van der Waals surface area contributed by atoms with E-state index in [-0.39, 0.29) is 17.9 Å². The summed E-state index contributed by atoms with van der Waals surface area (Å²) in [6, 6.07) is 15.4. The average Bonchev–Trinajstić information content (AvgIpc) is 3.49. The van der Waals surface area contributed by atoms with E-state index in [2.05, 4.69) is 45.4 Å². The highest BCUT2D eigenvalue weighted by Crippen LogP contribution is 2.30. The molecule has 0 bridgehead atoms. The zero-order valence-corrected chi connectivity index (χ0v) is 16.9. The Balaban J connectivity index is 1.37. The molecule has 7 heteroatoms. The number of ether oxygens (including phenoxy) is 1. The van der Waals surface area contributed by atoms with Crippen molar-refractivity contribution in [2.24, 2.45) is 5.92 Å². The van der Waals surface area contributed by atoms with Gasteiger partial charge in [-0.1, -0.05) is 26.0 Å². The van der Waals surface area contributed by atoms with Gasteiger partial charge in [0.15, 0.2) is 0 Å². The third kappa shape index (κ3) is 3.32. The topological polar surface area (TPSA) is 95.7 Å². The van der Waals surface area contributed by atoms with E-state index in [1.54, 1.807) is 6.07 Å². The van der Waals surface area contributed by atoms with E-state index in [0.29, 0.717) is 12.3 Å². The van der Waals surface area contributed by atoms with Gasteiger partial charge in [-0.3, -0.25) is 9.89 Å². The number of fused-ring (bicyclic) bond motifs is 2. The lowest BCUT2D eigenvalue weighted by Crippen LogP contribution is -2.32. The van der Waals surface area contributed by atoms with Crippen molar-refractivity contribution >= 4 is 16.9 Å². The van der Waals surface area contributed by atoms with Crippen molar-refractivity contribution < 1.29 is 9.53 Å². The lowest BCUT2D eigenvalue weighted by Gasteiger charge is -2.19. The van der Waals surface area contributed by atoms with Gasteiger partial charge in [-0.15, -0.1) is 0 Å². The lowest BCUT2D eigenvalue weighted by molar-refractivity contribution is 0.0918. The molecule has 152 valence electrons. The Morgan fingerprint density at radius 1 is 1.17 bits per heavy atom. The Morgan fingerprint density at radius 3 is 2.87 bits per heavy atom. The number of aromatic nitrogens is 4. The van der Waals surface area contributed by atoms with Crippen LogP contribution in [0.1, 0.15) is 41.8 Å². The molecule has 4 aromatic rings. The number of benzene rings is 2. The van der Waals surface area contributed by atoms with Crippen LogP contribution in [-0.2, 0) is 6.42 Å². The summed E-state index contributed by atoms with van der Waals surface area (Å²) >= 11 is 0. The normalized spacial score (nSPS) is 14.0. The van der Waals surface area contributed by atoms with Crippen LogP contribution >= 0.6 is 0 Å². The number of aromatic amines is 2. The third-order valence-electron chi connectivity index (χ3n) is 5.46. The van der Waals surface area contributed by atoms with E-state index in [0.717, 1.165) is 40.3 Å². The number of rotatable bonds is 5. The fraction of sp³-hybridized carbons (Fsp3) is 0.261. The molecule has 0 saturated heterocycles. The maximum atomic E-state index is 12.9. The van der Waals surface area contributed by atoms with E-state index in [1.165, 1.54) is 5.56 Å². The SMILES string of the molecule is CC(C)[C@@H](NC(=O)c1cc(-c2ccc3c(c2)CCO3)n[nH]1)c1nc2ccccc2[nH]1. The molecule has 0 fully saturated rings. The summed E-state index contributed by atoms with van der Waals surface area (Å²) in [4.78, 5) is 20.9. The summed E-state index contributed by atoms with van der Waals surface area (Å²) in [6.45, 7) is 4.83. The predicted molar refractivity (Wildman–Crippen MR) is 114 cm³/mol. The number of hydrogen-bond donors (Lipinski definition) is 3. The highest BCUT2D eigenvalue weighted by Gasteiger charge is 2.23. The lowest BCUT2D eigenvalue weighted by atomic mass is 10.0. The third-order valence-corrected chi connectivity index (χ3v) is 5.46. The number of nitrogens with zero attached hydrogens (tertiary/aromatic N) is 2. The summed E-state index contributed by atoms with van der Waals surface area (Å²) in [7, 11) is 0. The maximum Gasteiger partial charge on any atom is 0.269 e. The van der Waals surface area contributed by atoms with E-state index < -0.39 is 0 Å². The number of carbonyl (C=O) groups excluding carboxylic acids is 1. The van der Waals surface area contributed by atoms with Gasteiger partial charge < -0.3 is 15.0 Å². The van der Waals surface area contributed by atoms with Crippen molar-refractivity contribution in [3.63, 3.8) is 0 Å². The van der Waals surface area contributed by atoms with Crippen LogP contribution in [0.15, 0.2) is 48.5 Å². The monoisotopic (exact) mass is 401 g/mol. The Hall–Kier alpha value is -3.61. The molecule has 1 aliphatic rings. The molecule has 2 aromatic carbocycles. The van der Waals surface area contributed by atoms with Crippen LogP contribution in [0.25, 0.3) is 22.3 Å². The molecular formula is C23H23N5O2. The molecule has 0 radical (unpaired) electrons. The van der Waals surface area contributed by atoms with Gasteiger partial charge in [0.1, 0.15) is 17.3 Å². The van der Waals surface area contributed by atoms with E-state index >= 15 is 0 Å². The van der Waals surface area contributed by atoms with Crippen molar-refractivity contribution in [3.8, 4) is 17.0 Å². The summed E-state index contributed by atoms with van der Waals surface area (Å²) < 4.78 is 5.56. The number of amides is 1. The van der Waals surface area contributed by atoms with Gasteiger partial charge in [0, 0.05) is 12.0 Å². The predicted octanol–water partition coefficient (Wildman–Crippen LogP) is 4.02. The molecule has 5 rings (SSSR count). The fourth-order valence-corrected chi connectivity index (χ4v) is 3.82. The first-order chi connectivity index (χ1) is 14.6. The van der Waals surface area contributed by atoms with Crippen LogP contribution in [0.5, 0.6) is 5.75 Å². The number of H-pyrrole nitrogens is 2. The summed E-state index contributed by atoms with van der Waals surface area (Å²) in [5.74, 6) is 1.63. The van der Waals surface area contributed by atoms with Gasteiger partial charge >= 0.3 is 0 Å². The summed E-state index contributed by atoms with van der Waals surface area (Å²) in [5.41, 5.74) is 5.13. The van der Waals surface area contributed by atoms with Crippen molar-refractivity contribution in [1.29, 1.82) is 0 Å². The molecular weight excluding hydrogens is 378 g/mol. The molecule has 3 heterocycles. The second kappa shape index (κ2) is 7.33. The van der Waals surface area contributed by atoms with Crippen LogP contribution < -0.4 is 10.1 Å². The number of imidazole rings is 1. The minimum atomic E-state index is -0.242. The number of nitrogens with one attached hydrogen (secondary N) is 3. The Labute approximate surface area is 173 Å². The van der Waals surface area contributed by atoms with E-state index in [9.17, 15) is 4.79 Å². The summed E-state index contributed by atoms with van der Waals surface area (Å²) in [6.07, 6.45) is 0.897. The van der Waals surface area contributed by atoms with Crippen molar-refractivity contribution in [3.05, 3.63) is 65.6 Å². The van der Waals surface area contributed by atoms with Crippen molar-refractivity contribution in [2.45, 2.75) is 26.3 Å². The quantitative estimate of drug-likeness (QED) is 0.471. The van der Waals surface area contributed by atoms with Gasteiger partial charge in [-0.2, -0.15) is 5.10 Å². The Kier molecular flexibility index (Phi) is 4.50. The minimum Gasteiger partial charge on any atom is -0.493 e. The second-order valence-electron chi connectivity index (χ2n) is 7.92. The standard InChI is InChI=1S/C23H23N5O2/c1-13(2)21(22-24-16-5-3-4-6-17(16)25-22)26-23(29)19-12-18(27-28-19)14-7-8-20-15(11-14)9-10-30-20/h3-8,11-13,21H,9-10H2,1-2H3,(H,24,25)(H,26,29)(H,27,28)/t21-/m1/s1. The van der Waals surface area contributed by atoms with Crippen molar-refractivity contribution in [1.82, 2.24) is 25.5 Å². The molecule has 7 nitrogen and oxygen atoms in total. The van der Waals surface area contributed by atoms with Gasteiger partial charge in [0.2, 0.25) is 0 Å². The largest absolute Gasteiger partial charge is 0.493 e. The zero-order chi connectivity index (χ0) is 20.7. The molecule has 1 amide bonds. The highest BCUT2D eigenvalue weighted by atomic mass is 16.5. The van der Waals surface area contributed by atoms with Gasteiger partial charge in [-0.25, -0.2) is 4.98 Å². The zero-order valence-electron chi connectivity index (χ0n) is 16.9. The molecule has 2 aromatic heterocycles. The minimum absolute atomic E-state index is 0.161. The molecule has 0 unspecified atom stereocenters. The smallest absolute Gasteiger partial charge is 0.269 e. The average molecular weight is 401 g/mol. The number of carbonyl (C=O) groups is 1. The second-order valence-corrected chi connectivity index (χ2v) is 7.92. The van der Waals surface area contributed by atoms with Gasteiger partial charge in [0.25, 0.3) is 5.91 Å². The first kappa shape index (κ1) is 18.4. The molecule has 0 saturated carbocycles. The van der Waals surface area contributed by atoms with Gasteiger partial charge in [-0.05, 0) is 47.9 Å². The van der Waals surface area contributed by atoms with E-state index in [4.69, 9.17) is 4.74 Å². The fourth-order valence-electron chi connectivity index (χ4n) is 3.82. The Bertz CT molecular complexity index is 1190. The summed E-state index contributed by atoms with van der Waals surface area (Å²) in [5, 5.41) is 10.3. The molecule has 30 heavy (non-hydrogen) atoms. The molecule has 3 N–H and O–H groups in total. The van der Waals surface area contributed by atoms with E-state index in [1.807, 2.05) is 36.4 Å². The van der Waals surface area contributed by atoms with Crippen LogP contribution in [-0.4, -0.2) is 32.7 Å². The highest BCUT2D eigenvalue weighted by molar-refractivity contribution is 5.93. The first-order valence-corrected chi connectivity index (χ1v) is 10.2. The van der Waals surface area contributed by atoms with Gasteiger partial charge in [0.05, 0.1) is 29.4 Å². The Morgan fingerprint density at radius 2 is 2.03 bits per heavy atom. The van der Waals surface area contributed by atoms with Crippen molar-refractivity contribution in [2.75, 3.05) is 6.61 Å². The van der Waals surface area contributed by atoms with Crippen LogP contribution in [0.4, 0.5) is 0 Å². The molecule has 1 aliphatic heterocycles. The first-order valence-electron chi connectivity index (χ1n) is 10.2. The molecule has 0 aliphatic carbocycles. The van der Waals surface area contributed by atoms with Crippen LogP contribution in [0.2, 0.25) is 0 Å². The number of hydrogen-bond acceptors (Lipinski definition) is 4. The van der Waals surface area contributed by atoms with Crippen LogP contribution in [0, 0.1) is 5.92 Å². The maximum absolute atomic E-state index is 12.9. The molecule has 0 spiro atoms. The number of para-hydroxylation sites is 2. The molecule has 1 atom stereocenters.